The highest BCUT2D eigenvalue weighted by molar-refractivity contribution is 5.90. The van der Waals surface area contributed by atoms with Crippen LogP contribution in [0.1, 0.15) is 13.8 Å². The number of fused-ring (bicyclic) bond motifs is 1. The van der Waals surface area contributed by atoms with Gasteiger partial charge in [-0.3, -0.25) is 0 Å². The Morgan fingerprint density at radius 2 is 2.00 bits per heavy atom. The average Bonchev–Trinajstić information content (AvgIpc) is 2.26. The second-order valence-corrected chi connectivity index (χ2v) is 4.92. The van der Waals surface area contributed by atoms with E-state index >= 15 is 0 Å². The number of benzene rings is 1. The normalized spacial score (nSPS) is 11.8. The Labute approximate surface area is 101 Å². The van der Waals surface area contributed by atoms with Gasteiger partial charge >= 0.3 is 0 Å². The summed E-state index contributed by atoms with van der Waals surface area (Å²) < 4.78 is 0. The van der Waals surface area contributed by atoms with Crippen molar-refractivity contribution >= 4 is 16.6 Å². The van der Waals surface area contributed by atoms with Crippen molar-refractivity contribution in [1.29, 1.82) is 0 Å². The molecular weight excluding hydrogens is 214 g/mol. The van der Waals surface area contributed by atoms with E-state index in [1.54, 1.807) is 20.0 Å². The molecule has 4 nitrogen and oxygen atoms in total. The van der Waals surface area contributed by atoms with E-state index in [4.69, 9.17) is 0 Å². The minimum Gasteiger partial charge on any atom is -0.389 e. The summed E-state index contributed by atoms with van der Waals surface area (Å²) in [6.07, 6.45) is 1.73. The van der Waals surface area contributed by atoms with Crippen LogP contribution in [0.25, 0.3) is 10.9 Å². The Morgan fingerprint density at radius 3 is 2.71 bits per heavy atom. The predicted molar refractivity (Wildman–Crippen MR) is 69.1 cm³/mol. The van der Waals surface area contributed by atoms with Crippen LogP contribution in [-0.4, -0.2) is 34.5 Å². The molecule has 1 heterocycles. The van der Waals surface area contributed by atoms with E-state index in [1.807, 2.05) is 36.2 Å². The number of likely N-dealkylation sites (N-methyl/N-ethyl adjacent to an activating group) is 1. The third kappa shape index (κ3) is 2.71. The van der Waals surface area contributed by atoms with Gasteiger partial charge in [0.2, 0.25) is 0 Å². The lowest BCUT2D eigenvalue weighted by molar-refractivity contribution is 0.0886. The van der Waals surface area contributed by atoms with Crippen LogP contribution in [0.2, 0.25) is 0 Å². The summed E-state index contributed by atoms with van der Waals surface area (Å²) >= 11 is 0. The first-order chi connectivity index (χ1) is 7.97. The molecule has 0 fully saturated rings. The molecule has 0 spiro atoms. The number of rotatable bonds is 3. The Morgan fingerprint density at radius 1 is 1.29 bits per heavy atom. The zero-order valence-electron chi connectivity index (χ0n) is 10.4. The van der Waals surface area contributed by atoms with Gasteiger partial charge in [-0.2, -0.15) is 10.2 Å². The molecule has 0 saturated heterocycles. The summed E-state index contributed by atoms with van der Waals surface area (Å²) in [5, 5.41) is 19.0. The van der Waals surface area contributed by atoms with Gasteiger partial charge in [-0.05, 0) is 19.9 Å². The van der Waals surface area contributed by atoms with E-state index in [-0.39, 0.29) is 0 Å². The van der Waals surface area contributed by atoms with Gasteiger partial charge in [0, 0.05) is 19.0 Å². The molecule has 90 valence electrons. The number of hydrogen-bond donors (Lipinski definition) is 1. The fourth-order valence-corrected chi connectivity index (χ4v) is 1.96. The van der Waals surface area contributed by atoms with Crippen LogP contribution in [0.5, 0.6) is 0 Å². The zero-order chi connectivity index (χ0) is 12.5. The maximum Gasteiger partial charge on any atom is 0.0950 e. The molecule has 1 N–H and O–H groups in total. The summed E-state index contributed by atoms with van der Waals surface area (Å²) in [5.41, 5.74) is 1.12. The number of aliphatic hydroxyl groups is 1. The molecule has 0 atom stereocenters. The van der Waals surface area contributed by atoms with Gasteiger partial charge < -0.3 is 10.0 Å². The van der Waals surface area contributed by atoms with Crippen molar-refractivity contribution in [3.63, 3.8) is 0 Å². The lowest BCUT2D eigenvalue weighted by Gasteiger charge is -2.27. The number of aromatic nitrogens is 2. The highest BCUT2D eigenvalue weighted by Gasteiger charge is 2.17. The maximum absolute atomic E-state index is 9.84. The first-order valence-corrected chi connectivity index (χ1v) is 5.61. The average molecular weight is 231 g/mol. The molecule has 0 aliphatic rings. The van der Waals surface area contributed by atoms with Gasteiger partial charge in [0.25, 0.3) is 0 Å². The minimum absolute atomic E-state index is 0.544. The summed E-state index contributed by atoms with van der Waals surface area (Å²) in [6.45, 7) is 4.13. The maximum atomic E-state index is 9.84. The topological polar surface area (TPSA) is 49.2 Å². The first-order valence-electron chi connectivity index (χ1n) is 5.61. The van der Waals surface area contributed by atoms with Crippen LogP contribution in [0.4, 0.5) is 5.69 Å². The molecule has 0 aliphatic carbocycles. The lowest BCUT2D eigenvalue weighted by atomic mass is 10.1. The van der Waals surface area contributed by atoms with E-state index in [0.29, 0.717) is 6.54 Å². The monoisotopic (exact) mass is 231 g/mol. The minimum atomic E-state index is -0.737. The second-order valence-electron chi connectivity index (χ2n) is 4.92. The highest BCUT2D eigenvalue weighted by Crippen LogP contribution is 2.24. The van der Waals surface area contributed by atoms with Crippen molar-refractivity contribution in [3.05, 3.63) is 30.5 Å². The van der Waals surface area contributed by atoms with Crippen molar-refractivity contribution < 1.29 is 5.11 Å². The molecule has 1 aromatic heterocycles. The SMILES string of the molecule is CN(CC(C)(C)O)c1cnnc2ccccc12. The van der Waals surface area contributed by atoms with Crippen LogP contribution in [-0.2, 0) is 0 Å². The Kier molecular flexibility index (Phi) is 2.98. The number of anilines is 1. The number of nitrogens with zero attached hydrogens (tertiary/aromatic N) is 3. The molecule has 4 heteroatoms. The van der Waals surface area contributed by atoms with Crippen molar-refractivity contribution in [1.82, 2.24) is 10.2 Å². The summed E-state index contributed by atoms with van der Waals surface area (Å²) in [7, 11) is 1.95. The molecule has 2 rings (SSSR count). The molecule has 0 radical (unpaired) electrons. The second kappa shape index (κ2) is 4.30. The molecular formula is C13H17N3O. The van der Waals surface area contributed by atoms with Crippen LogP contribution >= 0.6 is 0 Å². The molecule has 0 unspecified atom stereocenters. The largest absolute Gasteiger partial charge is 0.389 e. The predicted octanol–water partition coefficient (Wildman–Crippen LogP) is 1.84. The summed E-state index contributed by atoms with van der Waals surface area (Å²) in [6, 6.07) is 7.87. The molecule has 17 heavy (non-hydrogen) atoms. The molecule has 0 bridgehead atoms. The van der Waals surface area contributed by atoms with E-state index in [0.717, 1.165) is 16.6 Å². The van der Waals surface area contributed by atoms with Crippen LogP contribution in [0.3, 0.4) is 0 Å². The van der Waals surface area contributed by atoms with Gasteiger partial charge in [0.05, 0.1) is 23.0 Å². The standard InChI is InChI=1S/C13H17N3O/c1-13(2,17)9-16(3)12-8-14-15-11-7-5-4-6-10(11)12/h4-8,17H,9H2,1-3H3. The smallest absolute Gasteiger partial charge is 0.0950 e. The van der Waals surface area contributed by atoms with Crippen molar-refractivity contribution in [2.75, 3.05) is 18.5 Å². The third-order valence-corrected chi connectivity index (χ3v) is 2.56. The molecule has 0 saturated carbocycles. The van der Waals surface area contributed by atoms with E-state index in [2.05, 4.69) is 10.2 Å². The fourth-order valence-electron chi connectivity index (χ4n) is 1.96. The van der Waals surface area contributed by atoms with Crippen LogP contribution in [0.15, 0.2) is 30.5 Å². The van der Waals surface area contributed by atoms with Crippen LogP contribution < -0.4 is 4.90 Å². The van der Waals surface area contributed by atoms with Gasteiger partial charge in [0.15, 0.2) is 0 Å². The van der Waals surface area contributed by atoms with E-state index < -0.39 is 5.60 Å². The van der Waals surface area contributed by atoms with Gasteiger partial charge in [-0.1, -0.05) is 18.2 Å². The van der Waals surface area contributed by atoms with Crippen LogP contribution in [0, 0.1) is 0 Å². The first kappa shape index (κ1) is 11.8. The van der Waals surface area contributed by atoms with Crippen molar-refractivity contribution in [3.8, 4) is 0 Å². The Balaban J connectivity index is 2.41. The molecule has 0 aliphatic heterocycles. The van der Waals surface area contributed by atoms with Gasteiger partial charge in [-0.15, -0.1) is 0 Å². The lowest BCUT2D eigenvalue weighted by Crippen LogP contribution is -2.36. The zero-order valence-corrected chi connectivity index (χ0v) is 10.4. The molecule has 0 amide bonds. The summed E-state index contributed by atoms with van der Waals surface area (Å²) in [4.78, 5) is 2.00. The Bertz CT molecular complexity index is 514. The van der Waals surface area contributed by atoms with Crippen molar-refractivity contribution in [2.24, 2.45) is 0 Å². The van der Waals surface area contributed by atoms with Gasteiger partial charge in [-0.25, -0.2) is 0 Å². The van der Waals surface area contributed by atoms with Crippen molar-refractivity contribution in [2.45, 2.75) is 19.4 Å². The third-order valence-electron chi connectivity index (χ3n) is 2.56. The van der Waals surface area contributed by atoms with E-state index in [1.165, 1.54) is 0 Å². The number of hydrogen-bond acceptors (Lipinski definition) is 4. The summed E-state index contributed by atoms with van der Waals surface area (Å²) in [5.74, 6) is 0. The van der Waals surface area contributed by atoms with E-state index in [9.17, 15) is 5.11 Å². The van der Waals surface area contributed by atoms with Gasteiger partial charge in [0.1, 0.15) is 0 Å². The molecule has 1 aromatic carbocycles. The highest BCUT2D eigenvalue weighted by atomic mass is 16.3. The molecule has 2 aromatic rings. The fraction of sp³-hybridized carbons (Fsp3) is 0.385. The Hall–Kier alpha value is -1.68. The quantitative estimate of drug-likeness (QED) is 0.875.